The summed E-state index contributed by atoms with van der Waals surface area (Å²) in [6.07, 6.45) is 1.14. The van der Waals surface area contributed by atoms with Crippen molar-refractivity contribution in [1.82, 2.24) is 15.3 Å². The third-order valence-corrected chi connectivity index (χ3v) is 3.49. The Bertz CT molecular complexity index is 590. The van der Waals surface area contributed by atoms with E-state index in [1.807, 2.05) is 36.4 Å². The summed E-state index contributed by atoms with van der Waals surface area (Å²) < 4.78 is 0. The molecular weight excluding hydrogens is 286 g/mol. The van der Waals surface area contributed by atoms with Gasteiger partial charge < -0.3 is 10.4 Å². The number of thioether (sulfide) groups is 1. The topological polar surface area (TPSA) is 75.1 Å². The molecule has 0 bridgehead atoms. The minimum absolute atomic E-state index is 0.144. The Hall–Kier alpha value is -1.92. The number of benzene rings is 1. The van der Waals surface area contributed by atoms with Gasteiger partial charge in [-0.1, -0.05) is 42.1 Å². The number of hydrogen-bond donors (Lipinski definition) is 2. The molecule has 110 valence electrons. The van der Waals surface area contributed by atoms with Gasteiger partial charge in [0.2, 0.25) is 5.91 Å². The first-order valence-electron chi connectivity index (χ1n) is 6.61. The zero-order chi connectivity index (χ0) is 15.1. The number of nitrogens with one attached hydrogen (secondary N) is 1. The highest BCUT2D eigenvalue weighted by Gasteiger charge is 2.07. The van der Waals surface area contributed by atoms with E-state index < -0.39 is 6.10 Å². The number of rotatable bonds is 6. The SMILES string of the molecule is C[C@@H](O)CNC(=O)CSc1nccc(-c2ccccc2)n1. The van der Waals surface area contributed by atoms with E-state index in [0.29, 0.717) is 5.16 Å². The van der Waals surface area contributed by atoms with Crippen molar-refractivity contribution in [3.63, 3.8) is 0 Å². The molecule has 1 atom stereocenters. The van der Waals surface area contributed by atoms with Crippen LogP contribution in [0.2, 0.25) is 0 Å². The number of aliphatic hydroxyl groups excluding tert-OH is 1. The van der Waals surface area contributed by atoms with Gasteiger partial charge in [0, 0.05) is 18.3 Å². The lowest BCUT2D eigenvalue weighted by atomic mass is 10.1. The van der Waals surface area contributed by atoms with Gasteiger partial charge in [0.15, 0.2) is 5.16 Å². The van der Waals surface area contributed by atoms with Gasteiger partial charge in [-0.05, 0) is 13.0 Å². The van der Waals surface area contributed by atoms with E-state index in [4.69, 9.17) is 5.11 Å². The van der Waals surface area contributed by atoms with Crippen LogP contribution in [0.15, 0.2) is 47.8 Å². The molecule has 0 aliphatic carbocycles. The Morgan fingerprint density at radius 3 is 2.81 bits per heavy atom. The fourth-order valence-corrected chi connectivity index (χ4v) is 2.28. The molecule has 2 N–H and O–H groups in total. The van der Waals surface area contributed by atoms with Crippen LogP contribution in [0.3, 0.4) is 0 Å². The fraction of sp³-hybridized carbons (Fsp3) is 0.267. The van der Waals surface area contributed by atoms with Crippen molar-refractivity contribution >= 4 is 17.7 Å². The van der Waals surface area contributed by atoms with Crippen molar-refractivity contribution in [2.45, 2.75) is 18.2 Å². The number of carbonyl (C=O) groups excluding carboxylic acids is 1. The Kier molecular flexibility index (Phi) is 5.71. The lowest BCUT2D eigenvalue weighted by Gasteiger charge is -2.07. The second kappa shape index (κ2) is 7.75. The smallest absolute Gasteiger partial charge is 0.230 e. The van der Waals surface area contributed by atoms with Crippen LogP contribution in [0.5, 0.6) is 0 Å². The summed E-state index contributed by atoms with van der Waals surface area (Å²) >= 11 is 1.27. The van der Waals surface area contributed by atoms with E-state index in [9.17, 15) is 4.79 Å². The van der Waals surface area contributed by atoms with E-state index in [1.54, 1.807) is 13.1 Å². The van der Waals surface area contributed by atoms with Gasteiger partial charge in [-0.15, -0.1) is 0 Å². The van der Waals surface area contributed by atoms with Gasteiger partial charge in [0.1, 0.15) is 0 Å². The molecule has 0 aliphatic rings. The van der Waals surface area contributed by atoms with Crippen molar-refractivity contribution in [1.29, 1.82) is 0 Å². The van der Waals surface area contributed by atoms with Crippen LogP contribution in [-0.4, -0.2) is 39.4 Å². The maximum Gasteiger partial charge on any atom is 0.230 e. The number of aromatic nitrogens is 2. The second-order valence-corrected chi connectivity index (χ2v) is 5.47. The summed E-state index contributed by atoms with van der Waals surface area (Å²) in [5, 5.41) is 12.3. The summed E-state index contributed by atoms with van der Waals surface area (Å²) in [6.45, 7) is 1.88. The van der Waals surface area contributed by atoms with Gasteiger partial charge in [0.25, 0.3) is 0 Å². The molecule has 0 radical (unpaired) electrons. The van der Waals surface area contributed by atoms with Crippen LogP contribution in [-0.2, 0) is 4.79 Å². The molecule has 5 nitrogen and oxygen atoms in total. The largest absolute Gasteiger partial charge is 0.392 e. The van der Waals surface area contributed by atoms with Crippen LogP contribution < -0.4 is 5.32 Å². The van der Waals surface area contributed by atoms with E-state index in [-0.39, 0.29) is 18.2 Å². The molecule has 0 aliphatic heterocycles. The molecule has 1 heterocycles. The lowest BCUT2D eigenvalue weighted by molar-refractivity contribution is -0.118. The Labute approximate surface area is 127 Å². The standard InChI is InChI=1S/C15H17N3O2S/c1-11(19)9-17-14(20)10-21-15-16-8-7-13(18-15)12-5-3-2-4-6-12/h2-8,11,19H,9-10H2,1H3,(H,17,20)/t11-/m1/s1. The van der Waals surface area contributed by atoms with Crippen molar-refractivity contribution in [3.05, 3.63) is 42.6 Å². The summed E-state index contributed by atoms with van der Waals surface area (Å²) in [6, 6.07) is 11.7. The summed E-state index contributed by atoms with van der Waals surface area (Å²) in [5.74, 6) is 0.0833. The number of amides is 1. The highest BCUT2D eigenvalue weighted by molar-refractivity contribution is 7.99. The molecule has 0 spiro atoms. The lowest BCUT2D eigenvalue weighted by Crippen LogP contribution is -2.31. The highest BCUT2D eigenvalue weighted by Crippen LogP contribution is 2.19. The molecule has 1 amide bonds. The monoisotopic (exact) mass is 303 g/mol. The molecule has 6 heteroatoms. The first-order chi connectivity index (χ1) is 10.1. The quantitative estimate of drug-likeness (QED) is 0.628. The molecule has 1 aromatic heterocycles. The molecule has 0 unspecified atom stereocenters. The van der Waals surface area contributed by atoms with Gasteiger partial charge >= 0.3 is 0 Å². The predicted octanol–water partition coefficient (Wildman–Crippen LogP) is 1.73. The van der Waals surface area contributed by atoms with Crippen molar-refractivity contribution in [3.8, 4) is 11.3 Å². The minimum Gasteiger partial charge on any atom is -0.392 e. The van der Waals surface area contributed by atoms with Gasteiger partial charge in [0.05, 0.1) is 17.6 Å². The Balaban J connectivity index is 1.94. The van der Waals surface area contributed by atoms with Gasteiger partial charge in [-0.3, -0.25) is 4.79 Å². The van der Waals surface area contributed by atoms with Gasteiger partial charge in [-0.25, -0.2) is 9.97 Å². The molecular formula is C15H17N3O2S. The van der Waals surface area contributed by atoms with Crippen LogP contribution >= 0.6 is 11.8 Å². The van der Waals surface area contributed by atoms with E-state index in [1.165, 1.54) is 11.8 Å². The molecule has 2 aromatic rings. The van der Waals surface area contributed by atoms with Crippen molar-refractivity contribution in [2.75, 3.05) is 12.3 Å². The minimum atomic E-state index is -0.545. The number of carbonyl (C=O) groups is 1. The van der Waals surface area contributed by atoms with Crippen LogP contribution in [0.25, 0.3) is 11.3 Å². The molecule has 1 aromatic carbocycles. The Morgan fingerprint density at radius 2 is 2.10 bits per heavy atom. The summed E-state index contributed by atoms with van der Waals surface area (Å²) in [7, 11) is 0. The first-order valence-corrected chi connectivity index (χ1v) is 7.60. The van der Waals surface area contributed by atoms with Crippen molar-refractivity contribution < 1.29 is 9.90 Å². The normalized spacial score (nSPS) is 11.9. The van der Waals surface area contributed by atoms with Gasteiger partial charge in [-0.2, -0.15) is 0 Å². The predicted molar refractivity (Wildman–Crippen MR) is 82.9 cm³/mol. The van der Waals surface area contributed by atoms with Crippen LogP contribution in [0.4, 0.5) is 0 Å². The molecule has 2 rings (SSSR count). The molecule has 0 saturated heterocycles. The molecule has 0 fully saturated rings. The average Bonchev–Trinajstić information content (AvgIpc) is 2.52. The highest BCUT2D eigenvalue weighted by atomic mass is 32.2. The number of nitrogens with zero attached hydrogens (tertiary/aromatic N) is 2. The van der Waals surface area contributed by atoms with E-state index in [0.717, 1.165) is 11.3 Å². The summed E-state index contributed by atoms with van der Waals surface area (Å²) in [4.78, 5) is 20.2. The van der Waals surface area contributed by atoms with E-state index in [2.05, 4.69) is 15.3 Å². The fourth-order valence-electron chi connectivity index (χ4n) is 1.62. The van der Waals surface area contributed by atoms with E-state index >= 15 is 0 Å². The third-order valence-electron chi connectivity index (χ3n) is 2.63. The maximum atomic E-state index is 11.6. The first kappa shape index (κ1) is 15.5. The second-order valence-electron chi connectivity index (χ2n) is 4.53. The number of hydrogen-bond acceptors (Lipinski definition) is 5. The average molecular weight is 303 g/mol. The summed E-state index contributed by atoms with van der Waals surface area (Å²) in [5.41, 5.74) is 1.85. The molecule has 21 heavy (non-hydrogen) atoms. The zero-order valence-electron chi connectivity index (χ0n) is 11.7. The Morgan fingerprint density at radius 1 is 1.33 bits per heavy atom. The third kappa shape index (κ3) is 5.17. The number of aliphatic hydroxyl groups is 1. The van der Waals surface area contributed by atoms with Crippen LogP contribution in [0, 0.1) is 0 Å². The zero-order valence-corrected chi connectivity index (χ0v) is 12.5. The van der Waals surface area contributed by atoms with Crippen LogP contribution in [0.1, 0.15) is 6.92 Å². The van der Waals surface area contributed by atoms with Crippen molar-refractivity contribution in [2.24, 2.45) is 0 Å². The molecule has 0 saturated carbocycles. The maximum absolute atomic E-state index is 11.6.